The second kappa shape index (κ2) is 10.1. The van der Waals surface area contributed by atoms with Crippen LogP contribution in [0.4, 0.5) is 0 Å². The molecule has 0 amide bonds. The number of para-hydroxylation sites is 2. The number of aromatic nitrogens is 2. The Labute approximate surface area is 172 Å². The summed E-state index contributed by atoms with van der Waals surface area (Å²) in [5, 5.41) is 6.71. The molecule has 144 valence electrons. The van der Waals surface area contributed by atoms with Crippen molar-refractivity contribution in [3.63, 3.8) is 0 Å². The first-order valence-corrected chi connectivity index (χ1v) is 9.28. The van der Waals surface area contributed by atoms with E-state index in [0.717, 1.165) is 68.2 Å². The third-order valence-electron chi connectivity index (χ3n) is 4.54. The van der Waals surface area contributed by atoms with E-state index in [4.69, 9.17) is 9.73 Å². The van der Waals surface area contributed by atoms with Gasteiger partial charge in [0, 0.05) is 26.1 Å². The lowest BCUT2D eigenvalue weighted by atomic mass is 10.0. The van der Waals surface area contributed by atoms with Crippen molar-refractivity contribution in [1.82, 2.24) is 20.6 Å². The summed E-state index contributed by atoms with van der Waals surface area (Å²) in [6.07, 6.45) is 4.13. The molecule has 0 spiro atoms. The largest absolute Gasteiger partial charge is 0.373 e. The zero-order chi connectivity index (χ0) is 17.5. The average molecular weight is 471 g/mol. The van der Waals surface area contributed by atoms with Gasteiger partial charge in [-0.3, -0.25) is 4.99 Å². The van der Waals surface area contributed by atoms with Crippen LogP contribution in [0.25, 0.3) is 11.0 Å². The van der Waals surface area contributed by atoms with Gasteiger partial charge in [-0.1, -0.05) is 12.1 Å². The topological polar surface area (TPSA) is 74.3 Å². The van der Waals surface area contributed by atoms with Gasteiger partial charge in [-0.15, -0.1) is 24.0 Å². The van der Waals surface area contributed by atoms with Crippen LogP contribution in [0.2, 0.25) is 0 Å². The van der Waals surface area contributed by atoms with Crippen LogP contribution in [-0.4, -0.2) is 47.8 Å². The highest BCUT2D eigenvalue weighted by molar-refractivity contribution is 14.0. The van der Waals surface area contributed by atoms with Gasteiger partial charge in [-0.05, 0) is 45.2 Å². The maximum absolute atomic E-state index is 5.81. The number of hydrogen-bond acceptors (Lipinski definition) is 3. The maximum atomic E-state index is 5.81. The summed E-state index contributed by atoms with van der Waals surface area (Å²) >= 11 is 0. The molecular weight excluding hydrogens is 441 g/mol. The van der Waals surface area contributed by atoms with E-state index in [-0.39, 0.29) is 29.6 Å². The van der Waals surface area contributed by atoms with Crippen LogP contribution in [0.5, 0.6) is 0 Å². The van der Waals surface area contributed by atoms with Gasteiger partial charge in [0.2, 0.25) is 0 Å². The van der Waals surface area contributed by atoms with Gasteiger partial charge < -0.3 is 20.4 Å². The maximum Gasteiger partial charge on any atom is 0.191 e. The molecular formula is C19H30IN5O. The number of halogens is 1. The molecule has 6 nitrogen and oxygen atoms in total. The Morgan fingerprint density at radius 2 is 2.19 bits per heavy atom. The normalized spacial score (nSPS) is 20.2. The molecule has 2 heterocycles. The van der Waals surface area contributed by atoms with E-state index < -0.39 is 0 Å². The molecule has 1 saturated heterocycles. The van der Waals surface area contributed by atoms with Gasteiger partial charge in [0.25, 0.3) is 0 Å². The van der Waals surface area contributed by atoms with Gasteiger partial charge in [0.1, 0.15) is 5.82 Å². The predicted octanol–water partition coefficient (Wildman–Crippen LogP) is 3.24. The summed E-state index contributed by atoms with van der Waals surface area (Å²) in [7, 11) is 0. The molecule has 1 aliphatic rings. The van der Waals surface area contributed by atoms with Gasteiger partial charge in [0.05, 0.1) is 23.2 Å². The van der Waals surface area contributed by atoms with E-state index in [0.29, 0.717) is 6.54 Å². The highest BCUT2D eigenvalue weighted by Crippen LogP contribution is 2.24. The standard InChI is InChI=1S/C19H29N5O.HI/c1-3-20-18(22-14-19(2)11-7-13-25-19)21-12-6-10-17-23-15-8-4-5-9-16(15)24-17;/h4-5,8-9H,3,6-7,10-14H2,1-2H3,(H,23,24)(H2,20,21,22);1H. The quantitative estimate of drug-likeness (QED) is 0.251. The number of rotatable bonds is 7. The SMILES string of the molecule is CCNC(=NCC1(C)CCCO1)NCCCc1nc2ccccc2[nH]1.I. The van der Waals surface area contributed by atoms with Crippen LogP contribution in [0.3, 0.4) is 0 Å². The van der Waals surface area contributed by atoms with E-state index in [1.807, 2.05) is 18.2 Å². The van der Waals surface area contributed by atoms with E-state index in [9.17, 15) is 0 Å². The Balaban J connectivity index is 0.00000243. The smallest absolute Gasteiger partial charge is 0.191 e. The summed E-state index contributed by atoms with van der Waals surface area (Å²) in [5.41, 5.74) is 2.03. The van der Waals surface area contributed by atoms with Gasteiger partial charge in [0.15, 0.2) is 5.96 Å². The fraction of sp³-hybridized carbons (Fsp3) is 0.579. The third kappa shape index (κ3) is 5.84. The summed E-state index contributed by atoms with van der Waals surface area (Å²) in [4.78, 5) is 12.7. The van der Waals surface area contributed by atoms with Crippen LogP contribution >= 0.6 is 24.0 Å². The first kappa shape index (κ1) is 21.0. The molecule has 1 atom stereocenters. The van der Waals surface area contributed by atoms with Crippen molar-refractivity contribution in [2.45, 2.75) is 45.1 Å². The van der Waals surface area contributed by atoms with Crippen molar-refractivity contribution < 1.29 is 4.74 Å². The van der Waals surface area contributed by atoms with E-state index in [1.165, 1.54) is 0 Å². The number of guanidine groups is 1. The molecule has 1 aromatic heterocycles. The summed E-state index contributed by atoms with van der Waals surface area (Å²) in [6, 6.07) is 8.14. The number of aliphatic imine (C=N–C) groups is 1. The molecule has 1 aliphatic heterocycles. The molecule has 7 heteroatoms. The fourth-order valence-electron chi connectivity index (χ4n) is 3.14. The van der Waals surface area contributed by atoms with Gasteiger partial charge >= 0.3 is 0 Å². The summed E-state index contributed by atoms with van der Waals surface area (Å²) in [6.45, 7) is 7.50. The predicted molar refractivity (Wildman–Crippen MR) is 117 cm³/mol. The minimum atomic E-state index is -0.101. The Morgan fingerprint density at radius 1 is 1.35 bits per heavy atom. The van der Waals surface area contributed by atoms with Crippen molar-refractivity contribution >= 4 is 41.0 Å². The number of nitrogens with one attached hydrogen (secondary N) is 3. The second-order valence-electron chi connectivity index (χ2n) is 6.83. The number of ether oxygens (including phenoxy) is 1. The van der Waals surface area contributed by atoms with Crippen LogP contribution in [-0.2, 0) is 11.2 Å². The molecule has 2 aromatic rings. The van der Waals surface area contributed by atoms with Crippen molar-refractivity contribution in [2.24, 2.45) is 4.99 Å². The molecule has 0 aliphatic carbocycles. The monoisotopic (exact) mass is 471 g/mol. The number of nitrogens with zero attached hydrogens (tertiary/aromatic N) is 2. The Morgan fingerprint density at radius 3 is 2.92 bits per heavy atom. The van der Waals surface area contributed by atoms with E-state index in [2.05, 4.69) is 40.5 Å². The second-order valence-corrected chi connectivity index (χ2v) is 6.83. The number of aromatic amines is 1. The number of aryl methyl sites for hydroxylation is 1. The molecule has 26 heavy (non-hydrogen) atoms. The lowest BCUT2D eigenvalue weighted by Gasteiger charge is -2.21. The molecule has 0 bridgehead atoms. The minimum absolute atomic E-state index is 0. The molecule has 0 radical (unpaired) electrons. The van der Waals surface area contributed by atoms with Crippen LogP contribution in [0.15, 0.2) is 29.3 Å². The lowest BCUT2D eigenvalue weighted by molar-refractivity contribution is 0.0283. The van der Waals surface area contributed by atoms with Crippen LogP contribution < -0.4 is 10.6 Å². The summed E-state index contributed by atoms with van der Waals surface area (Å²) in [5.74, 6) is 1.90. The number of H-pyrrole nitrogens is 1. The zero-order valence-electron chi connectivity index (χ0n) is 15.7. The first-order valence-electron chi connectivity index (χ1n) is 9.28. The molecule has 1 fully saturated rings. The molecule has 1 aromatic carbocycles. The van der Waals surface area contributed by atoms with Crippen molar-refractivity contribution in [3.05, 3.63) is 30.1 Å². The fourth-order valence-corrected chi connectivity index (χ4v) is 3.14. The minimum Gasteiger partial charge on any atom is -0.373 e. The average Bonchev–Trinajstić information content (AvgIpc) is 3.22. The number of benzene rings is 1. The van der Waals surface area contributed by atoms with Crippen molar-refractivity contribution in [3.8, 4) is 0 Å². The van der Waals surface area contributed by atoms with Crippen LogP contribution in [0.1, 0.15) is 38.9 Å². The zero-order valence-corrected chi connectivity index (χ0v) is 18.0. The van der Waals surface area contributed by atoms with Gasteiger partial charge in [-0.2, -0.15) is 0 Å². The molecule has 1 unspecified atom stereocenters. The number of fused-ring (bicyclic) bond motifs is 1. The molecule has 0 saturated carbocycles. The Kier molecular flexibility index (Phi) is 8.15. The molecule has 3 N–H and O–H groups in total. The Bertz CT molecular complexity index is 676. The highest BCUT2D eigenvalue weighted by Gasteiger charge is 2.29. The van der Waals surface area contributed by atoms with Crippen LogP contribution in [0, 0.1) is 0 Å². The highest BCUT2D eigenvalue weighted by atomic mass is 127. The Hall–Kier alpha value is -1.35. The van der Waals surface area contributed by atoms with Crippen molar-refractivity contribution in [2.75, 3.05) is 26.2 Å². The lowest BCUT2D eigenvalue weighted by Crippen LogP contribution is -2.39. The number of hydrogen-bond donors (Lipinski definition) is 3. The van der Waals surface area contributed by atoms with Crippen molar-refractivity contribution in [1.29, 1.82) is 0 Å². The summed E-state index contributed by atoms with van der Waals surface area (Å²) < 4.78 is 5.81. The number of imidazole rings is 1. The molecule has 3 rings (SSSR count). The van der Waals surface area contributed by atoms with E-state index in [1.54, 1.807) is 0 Å². The van der Waals surface area contributed by atoms with Gasteiger partial charge in [-0.25, -0.2) is 4.98 Å². The first-order chi connectivity index (χ1) is 12.2. The third-order valence-corrected chi connectivity index (χ3v) is 4.54. The van der Waals surface area contributed by atoms with E-state index >= 15 is 0 Å².